The predicted molar refractivity (Wildman–Crippen MR) is 80.2 cm³/mol. The third-order valence-electron chi connectivity index (χ3n) is 6.17. The molecule has 4 aliphatic carbocycles. The summed E-state index contributed by atoms with van der Waals surface area (Å²) >= 11 is 0. The largest absolute Gasteiger partial charge is 0.330 e. The Morgan fingerprint density at radius 3 is 2.45 bits per heavy atom. The van der Waals surface area contributed by atoms with Crippen LogP contribution >= 0.6 is 0 Å². The zero-order valence-electron chi connectivity index (χ0n) is 12.5. The van der Waals surface area contributed by atoms with E-state index in [2.05, 4.69) is 29.1 Å². The summed E-state index contributed by atoms with van der Waals surface area (Å²) < 4.78 is 2.12. The lowest BCUT2D eigenvalue weighted by atomic mass is 9.51. The second-order valence-corrected chi connectivity index (χ2v) is 7.79. The number of hydrogen-bond acceptors (Lipinski definition) is 2. The lowest BCUT2D eigenvalue weighted by molar-refractivity contribution is -0.00281. The predicted octanol–water partition coefficient (Wildman–Crippen LogP) is 3.02. The van der Waals surface area contributed by atoms with Crippen molar-refractivity contribution in [1.82, 2.24) is 9.78 Å². The van der Waals surface area contributed by atoms with E-state index in [-0.39, 0.29) is 0 Å². The molecule has 110 valence electrons. The van der Waals surface area contributed by atoms with Crippen molar-refractivity contribution in [2.75, 3.05) is 6.54 Å². The van der Waals surface area contributed by atoms with E-state index in [0.29, 0.717) is 5.92 Å². The molecular formula is C17H27N3. The highest BCUT2D eigenvalue weighted by Gasteiger charge is 2.48. The summed E-state index contributed by atoms with van der Waals surface area (Å²) in [6.07, 6.45) is 12.0. The minimum Gasteiger partial charge on any atom is -0.330 e. The first kappa shape index (κ1) is 12.9. The molecule has 0 amide bonds. The topological polar surface area (TPSA) is 43.8 Å². The van der Waals surface area contributed by atoms with E-state index in [0.717, 1.165) is 42.7 Å². The molecule has 1 unspecified atom stereocenters. The van der Waals surface area contributed by atoms with Crippen LogP contribution in [0.3, 0.4) is 0 Å². The molecule has 0 saturated heterocycles. The maximum atomic E-state index is 5.72. The lowest BCUT2D eigenvalue weighted by Crippen LogP contribution is -2.43. The van der Waals surface area contributed by atoms with Crippen LogP contribution in [0.2, 0.25) is 0 Å². The molecule has 1 heterocycles. The Morgan fingerprint density at radius 1 is 1.20 bits per heavy atom. The van der Waals surface area contributed by atoms with E-state index in [4.69, 9.17) is 5.73 Å². The average molecular weight is 273 g/mol. The van der Waals surface area contributed by atoms with Crippen LogP contribution in [0, 0.1) is 29.6 Å². The van der Waals surface area contributed by atoms with Gasteiger partial charge in [0, 0.05) is 12.7 Å². The van der Waals surface area contributed by atoms with Gasteiger partial charge in [-0.3, -0.25) is 4.68 Å². The van der Waals surface area contributed by atoms with Crippen LogP contribution in [0.1, 0.15) is 50.5 Å². The Balaban J connectivity index is 1.53. The van der Waals surface area contributed by atoms with Gasteiger partial charge in [0.25, 0.3) is 0 Å². The maximum absolute atomic E-state index is 5.72. The normalized spacial score (nSPS) is 40.2. The minimum absolute atomic E-state index is 0.515. The molecule has 3 nitrogen and oxygen atoms in total. The first-order valence-corrected chi connectivity index (χ1v) is 8.45. The molecule has 4 saturated carbocycles. The molecule has 1 aromatic heterocycles. The Bertz CT molecular complexity index is 450. The van der Waals surface area contributed by atoms with Crippen LogP contribution < -0.4 is 5.73 Å². The highest BCUT2D eigenvalue weighted by atomic mass is 15.3. The molecule has 4 aliphatic rings. The van der Waals surface area contributed by atoms with Crippen LogP contribution in [0.4, 0.5) is 0 Å². The van der Waals surface area contributed by atoms with Crippen molar-refractivity contribution in [2.24, 2.45) is 35.3 Å². The number of nitrogens with two attached hydrogens (primary N) is 1. The van der Waals surface area contributed by atoms with Gasteiger partial charge in [0.1, 0.15) is 0 Å². The van der Waals surface area contributed by atoms with Gasteiger partial charge in [-0.25, -0.2) is 0 Å². The van der Waals surface area contributed by atoms with Gasteiger partial charge in [-0.1, -0.05) is 6.92 Å². The van der Waals surface area contributed by atoms with Crippen molar-refractivity contribution in [3.63, 3.8) is 0 Å². The number of aromatic nitrogens is 2. The van der Waals surface area contributed by atoms with Crippen LogP contribution in [0.5, 0.6) is 0 Å². The SMILES string of the molecule is CC(CN)Cn1cc(C2C3CC4CC(C3)CC2C4)cn1. The first-order valence-electron chi connectivity index (χ1n) is 8.45. The van der Waals surface area contributed by atoms with Crippen LogP contribution in [-0.2, 0) is 6.54 Å². The number of nitrogens with zero attached hydrogens (tertiary/aromatic N) is 2. The van der Waals surface area contributed by atoms with E-state index < -0.39 is 0 Å². The second-order valence-electron chi connectivity index (χ2n) is 7.79. The molecule has 1 aromatic rings. The standard InChI is InChI=1S/C17H27N3/c1-11(7-18)9-20-10-16(8-19-20)17-14-3-12-2-13(5-14)6-15(17)4-12/h8,10-15,17H,2-7,9,18H2,1H3. The Morgan fingerprint density at radius 2 is 1.85 bits per heavy atom. The van der Waals surface area contributed by atoms with Crippen molar-refractivity contribution >= 4 is 0 Å². The molecule has 1 atom stereocenters. The Labute approximate surface area is 121 Å². The third kappa shape index (κ3) is 2.11. The molecule has 4 fully saturated rings. The fraction of sp³-hybridized carbons (Fsp3) is 0.824. The van der Waals surface area contributed by atoms with Gasteiger partial charge in [0.05, 0.1) is 6.20 Å². The summed E-state index contributed by atoms with van der Waals surface area (Å²) in [5, 5.41) is 4.60. The van der Waals surface area contributed by atoms with E-state index in [1.165, 1.54) is 37.7 Å². The van der Waals surface area contributed by atoms with Crippen LogP contribution in [-0.4, -0.2) is 16.3 Å². The molecule has 0 spiro atoms. The third-order valence-corrected chi connectivity index (χ3v) is 6.17. The molecule has 5 rings (SSSR count). The van der Waals surface area contributed by atoms with Crippen molar-refractivity contribution in [1.29, 1.82) is 0 Å². The number of hydrogen-bond donors (Lipinski definition) is 1. The molecule has 0 radical (unpaired) electrons. The maximum Gasteiger partial charge on any atom is 0.0524 e. The summed E-state index contributed by atoms with van der Waals surface area (Å²) in [6.45, 7) is 3.90. The van der Waals surface area contributed by atoms with Gasteiger partial charge in [-0.2, -0.15) is 5.10 Å². The molecule has 20 heavy (non-hydrogen) atoms. The fourth-order valence-corrected chi connectivity index (χ4v) is 5.51. The van der Waals surface area contributed by atoms with Crippen LogP contribution in [0.25, 0.3) is 0 Å². The molecule has 3 heteroatoms. The highest BCUT2D eigenvalue weighted by Crippen LogP contribution is 2.59. The van der Waals surface area contributed by atoms with Gasteiger partial charge in [-0.15, -0.1) is 0 Å². The monoisotopic (exact) mass is 273 g/mol. The zero-order chi connectivity index (χ0) is 13.7. The summed E-state index contributed by atoms with van der Waals surface area (Å²) in [4.78, 5) is 0. The molecule has 4 bridgehead atoms. The molecule has 0 aromatic carbocycles. The van der Waals surface area contributed by atoms with Crippen molar-refractivity contribution in [2.45, 2.75) is 51.5 Å². The van der Waals surface area contributed by atoms with Gasteiger partial charge in [0.15, 0.2) is 0 Å². The Kier molecular flexibility index (Phi) is 3.13. The van der Waals surface area contributed by atoms with E-state index in [1.807, 2.05) is 0 Å². The molecule has 2 N–H and O–H groups in total. The number of rotatable bonds is 4. The fourth-order valence-electron chi connectivity index (χ4n) is 5.51. The summed E-state index contributed by atoms with van der Waals surface area (Å²) in [7, 11) is 0. The second kappa shape index (κ2) is 4.87. The Hall–Kier alpha value is -0.830. The quantitative estimate of drug-likeness (QED) is 0.916. The zero-order valence-corrected chi connectivity index (χ0v) is 12.5. The average Bonchev–Trinajstić information content (AvgIpc) is 2.85. The van der Waals surface area contributed by atoms with E-state index in [9.17, 15) is 0 Å². The smallest absolute Gasteiger partial charge is 0.0524 e. The van der Waals surface area contributed by atoms with Crippen molar-refractivity contribution < 1.29 is 0 Å². The van der Waals surface area contributed by atoms with Crippen molar-refractivity contribution in [3.8, 4) is 0 Å². The van der Waals surface area contributed by atoms with Gasteiger partial charge in [-0.05, 0) is 79.7 Å². The van der Waals surface area contributed by atoms with E-state index >= 15 is 0 Å². The summed E-state index contributed by atoms with van der Waals surface area (Å²) in [5.41, 5.74) is 7.24. The van der Waals surface area contributed by atoms with Gasteiger partial charge < -0.3 is 5.73 Å². The highest BCUT2D eigenvalue weighted by molar-refractivity contribution is 5.19. The minimum atomic E-state index is 0.515. The summed E-state index contributed by atoms with van der Waals surface area (Å²) in [6, 6.07) is 0. The van der Waals surface area contributed by atoms with E-state index in [1.54, 1.807) is 0 Å². The lowest BCUT2D eigenvalue weighted by Gasteiger charge is -2.54. The molecule has 0 aliphatic heterocycles. The van der Waals surface area contributed by atoms with Crippen LogP contribution in [0.15, 0.2) is 12.4 Å². The molecular weight excluding hydrogens is 246 g/mol. The van der Waals surface area contributed by atoms with Crippen molar-refractivity contribution in [3.05, 3.63) is 18.0 Å². The van der Waals surface area contributed by atoms with Gasteiger partial charge in [0.2, 0.25) is 0 Å². The summed E-state index contributed by atoms with van der Waals surface area (Å²) in [5.74, 6) is 5.35. The first-order chi connectivity index (χ1) is 9.72. The van der Waals surface area contributed by atoms with Gasteiger partial charge >= 0.3 is 0 Å².